The Labute approximate surface area is 215 Å². The first kappa shape index (κ1) is 26.1. The van der Waals surface area contributed by atoms with Gasteiger partial charge in [-0.1, -0.05) is 26.0 Å². The van der Waals surface area contributed by atoms with Gasteiger partial charge in [0.15, 0.2) is 0 Å². The highest BCUT2D eigenvalue weighted by molar-refractivity contribution is 5.94. The third-order valence-electron chi connectivity index (χ3n) is 6.99. The van der Waals surface area contributed by atoms with Crippen molar-refractivity contribution in [3.63, 3.8) is 0 Å². The number of hydrogen-bond acceptors (Lipinski definition) is 5. The molecule has 0 saturated carbocycles. The van der Waals surface area contributed by atoms with E-state index in [1.165, 1.54) is 50.9 Å². The Morgan fingerprint density at radius 3 is 2.03 bits per heavy atom. The van der Waals surface area contributed by atoms with E-state index in [0.717, 1.165) is 37.2 Å². The third kappa shape index (κ3) is 7.51. The van der Waals surface area contributed by atoms with Gasteiger partial charge in [-0.2, -0.15) is 0 Å². The molecule has 1 amide bonds. The number of carbonyl (C=O) groups excluding carboxylic acids is 1. The van der Waals surface area contributed by atoms with Crippen molar-refractivity contribution in [2.24, 2.45) is 5.92 Å². The van der Waals surface area contributed by atoms with Crippen LogP contribution < -0.4 is 0 Å². The van der Waals surface area contributed by atoms with Crippen LogP contribution in [0.15, 0.2) is 49.1 Å². The number of aromatic nitrogens is 4. The van der Waals surface area contributed by atoms with Crippen LogP contribution in [-0.2, 0) is 19.6 Å². The molecular weight excluding hydrogens is 450 g/mol. The van der Waals surface area contributed by atoms with Crippen LogP contribution in [0.5, 0.6) is 0 Å². The van der Waals surface area contributed by atoms with Crippen molar-refractivity contribution in [3.8, 4) is 0 Å². The number of nitrogens with one attached hydrogen (secondary N) is 2. The summed E-state index contributed by atoms with van der Waals surface area (Å²) in [6.45, 7) is 12.3. The van der Waals surface area contributed by atoms with E-state index in [1.54, 1.807) is 29.7 Å². The summed E-state index contributed by atoms with van der Waals surface area (Å²) in [7, 11) is 0. The molecule has 3 aromatic rings. The highest BCUT2D eigenvalue weighted by atomic mass is 16.2. The fourth-order valence-electron chi connectivity index (χ4n) is 5.14. The number of likely N-dealkylation sites (tertiary alicyclic amines) is 1. The number of nitrogens with zero attached hydrogens (tertiary/aromatic N) is 5. The lowest BCUT2D eigenvalue weighted by Crippen LogP contribution is -2.39. The van der Waals surface area contributed by atoms with Crippen LogP contribution in [0.4, 0.5) is 0 Å². The zero-order valence-corrected chi connectivity index (χ0v) is 21.8. The van der Waals surface area contributed by atoms with Crippen molar-refractivity contribution in [1.29, 1.82) is 0 Å². The smallest absolute Gasteiger partial charge is 0.254 e. The Morgan fingerprint density at radius 2 is 1.53 bits per heavy atom. The zero-order valence-electron chi connectivity index (χ0n) is 21.8. The van der Waals surface area contributed by atoms with Crippen LogP contribution in [-0.4, -0.2) is 73.3 Å². The fraction of sp³-hybridized carbons (Fsp3) is 0.536. The second-order valence-corrected chi connectivity index (χ2v) is 9.95. The van der Waals surface area contributed by atoms with Crippen molar-refractivity contribution >= 4 is 5.91 Å². The van der Waals surface area contributed by atoms with Gasteiger partial charge in [-0.25, -0.2) is 9.97 Å². The highest BCUT2D eigenvalue weighted by Gasteiger charge is 2.22. The lowest BCUT2D eigenvalue weighted by atomic mass is 9.95. The van der Waals surface area contributed by atoms with Gasteiger partial charge in [0.25, 0.3) is 5.91 Å². The Balaban J connectivity index is 1.30. The van der Waals surface area contributed by atoms with Gasteiger partial charge in [-0.3, -0.25) is 9.69 Å². The summed E-state index contributed by atoms with van der Waals surface area (Å²) in [5, 5.41) is 0. The number of imidazole rings is 2. The Hall–Kier alpha value is -2.97. The number of rotatable bonds is 13. The summed E-state index contributed by atoms with van der Waals surface area (Å²) in [5.41, 5.74) is 1.94. The molecule has 1 aromatic carbocycles. The molecule has 194 valence electrons. The monoisotopic (exact) mass is 491 g/mol. The lowest BCUT2D eigenvalue weighted by Gasteiger charge is -2.35. The minimum atomic E-state index is -0.0288. The van der Waals surface area contributed by atoms with Crippen molar-refractivity contribution in [3.05, 3.63) is 71.8 Å². The van der Waals surface area contributed by atoms with Crippen LogP contribution in [0.3, 0.4) is 0 Å². The maximum atomic E-state index is 13.3. The standard InChI is InChI=1S/C28H41N7O/c1-3-15-33(16-4-2)20-24-9-17-34(18-10-24)19-23-5-7-25(8-6-23)28(36)35(21-26-29-11-12-30-26)22-27-31-13-14-32-27/h5-8,11-14,24H,3-4,9-10,15-22H2,1-2H3,(H,29,30)(H,31,32). The number of hydrogen-bond donors (Lipinski definition) is 2. The van der Waals surface area contributed by atoms with Gasteiger partial charge in [0.1, 0.15) is 11.6 Å². The van der Waals surface area contributed by atoms with Crippen LogP contribution in [0, 0.1) is 5.92 Å². The van der Waals surface area contributed by atoms with E-state index in [1.807, 2.05) is 12.1 Å². The summed E-state index contributed by atoms with van der Waals surface area (Å²) in [6, 6.07) is 8.10. The van der Waals surface area contributed by atoms with Crippen molar-refractivity contribution < 1.29 is 4.79 Å². The Bertz CT molecular complexity index is 967. The number of amides is 1. The molecular formula is C28H41N7O. The molecule has 0 atom stereocenters. The lowest BCUT2D eigenvalue weighted by molar-refractivity contribution is 0.0721. The van der Waals surface area contributed by atoms with E-state index < -0.39 is 0 Å². The number of benzene rings is 1. The average Bonchev–Trinajstić information content (AvgIpc) is 3.60. The van der Waals surface area contributed by atoms with Crippen LogP contribution >= 0.6 is 0 Å². The predicted octanol–water partition coefficient (Wildman–Crippen LogP) is 4.31. The van der Waals surface area contributed by atoms with E-state index in [0.29, 0.717) is 18.7 Å². The maximum absolute atomic E-state index is 13.3. The molecule has 1 fully saturated rings. The molecule has 1 saturated heterocycles. The summed E-state index contributed by atoms with van der Waals surface area (Å²) < 4.78 is 0. The highest BCUT2D eigenvalue weighted by Crippen LogP contribution is 2.21. The fourth-order valence-corrected chi connectivity index (χ4v) is 5.14. The molecule has 2 N–H and O–H groups in total. The van der Waals surface area contributed by atoms with E-state index in [2.05, 4.69) is 55.7 Å². The zero-order chi connectivity index (χ0) is 25.2. The van der Waals surface area contributed by atoms with Gasteiger partial charge >= 0.3 is 0 Å². The molecule has 0 radical (unpaired) electrons. The molecule has 3 heterocycles. The maximum Gasteiger partial charge on any atom is 0.254 e. The molecule has 8 nitrogen and oxygen atoms in total. The first-order valence-electron chi connectivity index (χ1n) is 13.4. The van der Waals surface area contributed by atoms with E-state index >= 15 is 0 Å². The molecule has 0 bridgehead atoms. The third-order valence-corrected chi connectivity index (χ3v) is 6.99. The molecule has 1 aliphatic rings. The number of carbonyl (C=O) groups is 1. The second kappa shape index (κ2) is 13.4. The summed E-state index contributed by atoms with van der Waals surface area (Å²) in [6.07, 6.45) is 12.0. The van der Waals surface area contributed by atoms with Gasteiger partial charge in [0.05, 0.1) is 13.1 Å². The summed E-state index contributed by atoms with van der Waals surface area (Å²) >= 11 is 0. The number of H-pyrrole nitrogens is 2. The van der Waals surface area contributed by atoms with Crippen LogP contribution in [0.25, 0.3) is 0 Å². The minimum absolute atomic E-state index is 0.0288. The van der Waals surface area contributed by atoms with E-state index in [-0.39, 0.29) is 5.91 Å². The normalized spacial score (nSPS) is 15.0. The van der Waals surface area contributed by atoms with Gasteiger partial charge in [-0.15, -0.1) is 0 Å². The Kier molecular flexibility index (Phi) is 9.69. The predicted molar refractivity (Wildman–Crippen MR) is 142 cm³/mol. The van der Waals surface area contributed by atoms with Crippen molar-refractivity contribution in [2.45, 2.75) is 59.2 Å². The molecule has 0 aliphatic carbocycles. The van der Waals surface area contributed by atoms with Crippen molar-refractivity contribution in [1.82, 2.24) is 34.6 Å². The minimum Gasteiger partial charge on any atom is -0.347 e. The van der Waals surface area contributed by atoms with E-state index in [4.69, 9.17) is 0 Å². The van der Waals surface area contributed by atoms with Crippen LogP contribution in [0.2, 0.25) is 0 Å². The van der Waals surface area contributed by atoms with Gasteiger partial charge in [0.2, 0.25) is 0 Å². The quantitative estimate of drug-likeness (QED) is 0.372. The second-order valence-electron chi connectivity index (χ2n) is 9.95. The van der Waals surface area contributed by atoms with Gasteiger partial charge in [-0.05, 0) is 75.5 Å². The summed E-state index contributed by atoms with van der Waals surface area (Å²) in [5.74, 6) is 2.29. The molecule has 2 aromatic heterocycles. The average molecular weight is 492 g/mol. The largest absolute Gasteiger partial charge is 0.347 e. The van der Waals surface area contributed by atoms with Crippen LogP contribution in [0.1, 0.15) is 67.1 Å². The molecule has 1 aliphatic heterocycles. The first-order chi connectivity index (χ1) is 17.6. The van der Waals surface area contributed by atoms with Gasteiger partial charge < -0.3 is 19.8 Å². The number of aromatic amines is 2. The van der Waals surface area contributed by atoms with E-state index in [9.17, 15) is 4.79 Å². The van der Waals surface area contributed by atoms with Gasteiger partial charge in [0, 0.05) is 43.4 Å². The number of piperidine rings is 1. The summed E-state index contributed by atoms with van der Waals surface area (Å²) in [4.78, 5) is 35.1. The first-order valence-corrected chi connectivity index (χ1v) is 13.4. The van der Waals surface area contributed by atoms with Crippen molar-refractivity contribution in [2.75, 3.05) is 32.7 Å². The topological polar surface area (TPSA) is 84.2 Å². The molecule has 0 unspecified atom stereocenters. The molecule has 0 spiro atoms. The SMILES string of the molecule is CCCN(CCC)CC1CCN(Cc2ccc(C(=O)N(Cc3ncc[nH]3)Cc3ncc[nH]3)cc2)CC1. The molecule has 36 heavy (non-hydrogen) atoms. The molecule has 8 heteroatoms. The molecule has 4 rings (SSSR count). The Morgan fingerprint density at radius 1 is 0.944 bits per heavy atom.